The smallest absolute Gasteiger partial charge is 0.412 e. The zero-order valence-electron chi connectivity index (χ0n) is 15.1. The van der Waals surface area contributed by atoms with Crippen molar-refractivity contribution in [2.24, 2.45) is 5.92 Å². The zero-order valence-corrected chi connectivity index (χ0v) is 16.0. The highest BCUT2D eigenvalue weighted by Crippen LogP contribution is 2.41. The molecule has 0 aromatic rings. The SMILES string of the molecule is C=C(C)C(=O)OC(OCCC(F)(F)C(F)(F)S)(C(=O)NCC(C)C)C(F)(F)F. The first kappa shape index (κ1) is 26.5. The van der Waals surface area contributed by atoms with Gasteiger partial charge in [-0.1, -0.05) is 33.1 Å². The molecule has 1 amide bonds. The summed E-state index contributed by atoms with van der Waals surface area (Å²) >= 11 is 2.38. The molecular formula is C15H20F7NO4S. The van der Waals surface area contributed by atoms with Crippen molar-refractivity contribution in [3.8, 4) is 0 Å². The monoisotopic (exact) mass is 443 g/mol. The number of hydrogen-bond donors (Lipinski definition) is 2. The Balaban J connectivity index is 5.81. The maximum atomic E-state index is 13.6. The van der Waals surface area contributed by atoms with E-state index in [1.54, 1.807) is 0 Å². The minimum Gasteiger partial charge on any atom is -0.412 e. The van der Waals surface area contributed by atoms with Gasteiger partial charge in [-0.25, -0.2) is 4.79 Å². The van der Waals surface area contributed by atoms with Gasteiger partial charge in [0.15, 0.2) is 0 Å². The standard InChI is InChI=1S/C15H20F7NO4S/c1-8(2)7-23-11(25)13(14(18,19)20,27-10(24)9(3)4)26-6-5-12(16,17)15(21,22)28/h8,28H,3,5-7H2,1-2,4H3,(H,23,25). The predicted molar refractivity (Wildman–Crippen MR) is 87.0 cm³/mol. The van der Waals surface area contributed by atoms with Crippen LogP contribution >= 0.6 is 12.6 Å². The van der Waals surface area contributed by atoms with E-state index in [2.05, 4.69) is 28.7 Å². The average Bonchev–Trinajstić information content (AvgIpc) is 2.48. The van der Waals surface area contributed by atoms with E-state index in [9.17, 15) is 40.3 Å². The van der Waals surface area contributed by atoms with Crippen LogP contribution in [0.3, 0.4) is 0 Å². The largest absolute Gasteiger partial charge is 0.466 e. The Hall–Kier alpha value is -1.50. The molecule has 28 heavy (non-hydrogen) atoms. The van der Waals surface area contributed by atoms with Crippen molar-refractivity contribution in [2.75, 3.05) is 13.2 Å². The van der Waals surface area contributed by atoms with Crippen LogP contribution in [0.25, 0.3) is 0 Å². The van der Waals surface area contributed by atoms with E-state index in [4.69, 9.17) is 0 Å². The third kappa shape index (κ3) is 6.83. The second-order valence-electron chi connectivity index (χ2n) is 6.23. The number of halogens is 7. The van der Waals surface area contributed by atoms with Gasteiger partial charge >= 0.3 is 35.0 Å². The van der Waals surface area contributed by atoms with Crippen LogP contribution in [0.5, 0.6) is 0 Å². The van der Waals surface area contributed by atoms with Gasteiger partial charge in [0, 0.05) is 18.5 Å². The highest BCUT2D eigenvalue weighted by Gasteiger charge is 2.66. The summed E-state index contributed by atoms with van der Waals surface area (Å²) < 4.78 is 101. The maximum Gasteiger partial charge on any atom is 0.466 e. The molecule has 0 aromatic carbocycles. The van der Waals surface area contributed by atoms with E-state index >= 15 is 0 Å². The van der Waals surface area contributed by atoms with Crippen molar-refractivity contribution in [3.05, 3.63) is 12.2 Å². The molecule has 0 heterocycles. The van der Waals surface area contributed by atoms with Crippen LogP contribution in [0.1, 0.15) is 27.2 Å². The summed E-state index contributed by atoms with van der Waals surface area (Å²) in [5.74, 6) is -13.2. The normalized spacial score (nSPS) is 15.1. The lowest BCUT2D eigenvalue weighted by Crippen LogP contribution is -2.62. The lowest BCUT2D eigenvalue weighted by atomic mass is 10.2. The molecular weight excluding hydrogens is 423 g/mol. The summed E-state index contributed by atoms with van der Waals surface area (Å²) in [5.41, 5.74) is -0.555. The molecule has 0 aliphatic heterocycles. The summed E-state index contributed by atoms with van der Waals surface area (Å²) in [6.45, 7) is 5.06. The molecule has 5 nitrogen and oxygen atoms in total. The van der Waals surface area contributed by atoms with Crippen molar-refractivity contribution in [1.29, 1.82) is 0 Å². The van der Waals surface area contributed by atoms with Crippen LogP contribution in [0.4, 0.5) is 30.7 Å². The molecule has 0 bridgehead atoms. The minimum atomic E-state index is -5.72. The van der Waals surface area contributed by atoms with Crippen LogP contribution in [0.2, 0.25) is 0 Å². The van der Waals surface area contributed by atoms with Gasteiger partial charge in [0.05, 0.1) is 6.61 Å². The van der Waals surface area contributed by atoms with E-state index in [0.29, 0.717) is 0 Å². The molecule has 1 N–H and O–H groups in total. The molecule has 0 saturated heterocycles. The molecule has 0 aliphatic carbocycles. The fourth-order valence-corrected chi connectivity index (χ4v) is 1.63. The second kappa shape index (κ2) is 9.33. The Morgan fingerprint density at radius 1 is 1.11 bits per heavy atom. The summed E-state index contributed by atoms with van der Waals surface area (Å²) in [6.07, 6.45) is -7.67. The first-order valence-corrected chi connectivity index (χ1v) is 8.18. The number of amides is 1. The highest BCUT2D eigenvalue weighted by molar-refractivity contribution is 7.81. The Morgan fingerprint density at radius 3 is 1.96 bits per heavy atom. The molecule has 0 spiro atoms. The highest BCUT2D eigenvalue weighted by atomic mass is 32.1. The third-order valence-corrected chi connectivity index (χ3v) is 3.42. The molecule has 13 heteroatoms. The maximum absolute atomic E-state index is 13.6. The van der Waals surface area contributed by atoms with E-state index in [0.717, 1.165) is 6.92 Å². The van der Waals surface area contributed by atoms with E-state index in [1.807, 2.05) is 5.32 Å². The lowest BCUT2D eigenvalue weighted by Gasteiger charge is -2.34. The van der Waals surface area contributed by atoms with Gasteiger partial charge in [-0.2, -0.15) is 30.7 Å². The predicted octanol–water partition coefficient (Wildman–Crippen LogP) is 3.70. The Kier molecular flexibility index (Phi) is 8.83. The summed E-state index contributed by atoms with van der Waals surface area (Å²) in [7, 11) is 0. The van der Waals surface area contributed by atoms with E-state index < -0.39 is 53.6 Å². The number of rotatable bonds is 10. The van der Waals surface area contributed by atoms with Crippen molar-refractivity contribution in [1.82, 2.24) is 5.32 Å². The molecule has 0 saturated carbocycles. The van der Waals surface area contributed by atoms with Crippen molar-refractivity contribution < 1.29 is 49.8 Å². The van der Waals surface area contributed by atoms with Gasteiger partial charge in [-0.05, 0) is 12.8 Å². The van der Waals surface area contributed by atoms with Gasteiger partial charge in [0.1, 0.15) is 0 Å². The number of carbonyl (C=O) groups is 2. The fourth-order valence-electron chi connectivity index (χ4n) is 1.51. The van der Waals surface area contributed by atoms with E-state index in [1.165, 1.54) is 13.8 Å². The molecule has 0 aromatic heterocycles. The number of hydrogen-bond acceptors (Lipinski definition) is 5. The van der Waals surface area contributed by atoms with Crippen LogP contribution in [0, 0.1) is 5.92 Å². The Bertz CT molecular complexity index is 590. The van der Waals surface area contributed by atoms with Gasteiger partial charge in [0.25, 0.3) is 0 Å². The quantitative estimate of drug-likeness (QED) is 0.178. The molecule has 0 rings (SSSR count). The summed E-state index contributed by atoms with van der Waals surface area (Å²) in [6, 6.07) is 0. The second-order valence-corrected chi connectivity index (χ2v) is 6.79. The van der Waals surface area contributed by atoms with Crippen LogP contribution in [-0.4, -0.2) is 48.2 Å². The van der Waals surface area contributed by atoms with Gasteiger partial charge in [-0.15, -0.1) is 0 Å². The number of nitrogens with one attached hydrogen (secondary N) is 1. The van der Waals surface area contributed by atoms with Crippen molar-refractivity contribution in [2.45, 2.75) is 50.3 Å². The lowest BCUT2D eigenvalue weighted by molar-refractivity contribution is -0.349. The van der Waals surface area contributed by atoms with Crippen molar-refractivity contribution in [3.63, 3.8) is 0 Å². The molecule has 0 fully saturated rings. The molecule has 1 unspecified atom stereocenters. The third-order valence-electron chi connectivity index (χ3n) is 3.09. The number of ether oxygens (including phenoxy) is 2. The van der Waals surface area contributed by atoms with Crippen LogP contribution < -0.4 is 5.32 Å². The topological polar surface area (TPSA) is 64.6 Å². The summed E-state index contributed by atoms with van der Waals surface area (Å²) in [4.78, 5) is 23.7. The van der Waals surface area contributed by atoms with Gasteiger partial charge < -0.3 is 14.8 Å². The molecule has 164 valence electrons. The zero-order chi connectivity index (χ0) is 22.6. The Morgan fingerprint density at radius 2 is 1.61 bits per heavy atom. The first-order chi connectivity index (χ1) is 12.4. The summed E-state index contributed by atoms with van der Waals surface area (Å²) in [5, 5.41) is -3.05. The fraction of sp³-hybridized carbons (Fsp3) is 0.733. The number of alkyl halides is 7. The first-order valence-electron chi connectivity index (χ1n) is 7.73. The minimum absolute atomic E-state index is 0.310. The molecule has 1 atom stereocenters. The van der Waals surface area contributed by atoms with Crippen molar-refractivity contribution >= 4 is 24.5 Å². The Labute approximate surface area is 162 Å². The number of esters is 1. The van der Waals surface area contributed by atoms with Crippen LogP contribution in [-0.2, 0) is 19.1 Å². The molecule has 0 aliphatic rings. The van der Waals surface area contributed by atoms with E-state index in [-0.39, 0.29) is 12.5 Å². The number of thiol groups is 1. The van der Waals surface area contributed by atoms with Gasteiger partial charge in [-0.3, -0.25) is 4.79 Å². The van der Waals surface area contributed by atoms with Gasteiger partial charge in [0.2, 0.25) is 0 Å². The molecule has 0 radical (unpaired) electrons. The number of carbonyl (C=O) groups excluding carboxylic acids is 2. The average molecular weight is 443 g/mol. The van der Waals surface area contributed by atoms with Crippen LogP contribution in [0.15, 0.2) is 12.2 Å².